The van der Waals surface area contributed by atoms with Crippen molar-refractivity contribution < 1.29 is 23.2 Å². The molecular formula is C7H16NO5P. The van der Waals surface area contributed by atoms with Gasteiger partial charge in [-0.3, -0.25) is 14.2 Å². The van der Waals surface area contributed by atoms with Gasteiger partial charge < -0.3 is 9.05 Å². The number of hydroxylamine groups is 2. The molecule has 0 aliphatic carbocycles. The molecule has 0 saturated heterocycles. The van der Waals surface area contributed by atoms with Gasteiger partial charge in [0.2, 0.25) is 5.91 Å². The van der Waals surface area contributed by atoms with Crippen molar-refractivity contribution in [3.63, 3.8) is 0 Å². The summed E-state index contributed by atoms with van der Waals surface area (Å²) in [5.41, 5.74) is 0. The Morgan fingerprint density at radius 3 is 2.14 bits per heavy atom. The molecule has 0 saturated carbocycles. The lowest BCUT2D eigenvalue weighted by Gasteiger charge is -2.16. The molecule has 0 fully saturated rings. The van der Waals surface area contributed by atoms with Gasteiger partial charge in [0, 0.05) is 27.7 Å². The molecule has 0 aromatic rings. The van der Waals surface area contributed by atoms with Crippen molar-refractivity contribution in [3.8, 4) is 0 Å². The monoisotopic (exact) mass is 225 g/mol. The summed E-state index contributed by atoms with van der Waals surface area (Å²) in [5, 5.41) is 1.07. The number of hydrogen-bond donors (Lipinski definition) is 0. The van der Waals surface area contributed by atoms with E-state index in [1.165, 1.54) is 28.4 Å². The first kappa shape index (κ1) is 13.6. The van der Waals surface area contributed by atoms with Crippen LogP contribution in [0.4, 0.5) is 0 Å². The summed E-state index contributed by atoms with van der Waals surface area (Å²) in [6, 6.07) is 0. The van der Waals surface area contributed by atoms with Crippen LogP contribution in [0.5, 0.6) is 0 Å². The number of carbonyl (C=O) groups is 1. The predicted octanol–water partition coefficient (Wildman–Crippen LogP) is 0.882. The molecule has 84 valence electrons. The molecule has 14 heavy (non-hydrogen) atoms. The molecule has 0 aromatic carbocycles. The first-order valence-corrected chi connectivity index (χ1v) is 5.73. The van der Waals surface area contributed by atoms with Crippen LogP contribution in [-0.2, 0) is 23.2 Å². The molecule has 7 heteroatoms. The second-order valence-corrected chi connectivity index (χ2v) is 4.92. The Labute approximate surface area is 83.6 Å². The van der Waals surface area contributed by atoms with Gasteiger partial charge in [0.05, 0.1) is 13.3 Å². The molecule has 0 radical (unpaired) electrons. The Kier molecular flexibility index (Phi) is 5.95. The minimum absolute atomic E-state index is 0.0481. The molecule has 0 aliphatic heterocycles. The molecular weight excluding hydrogens is 209 g/mol. The lowest BCUT2D eigenvalue weighted by atomic mass is 10.4. The van der Waals surface area contributed by atoms with Crippen LogP contribution in [-0.4, -0.2) is 45.5 Å². The number of carbonyl (C=O) groups excluding carboxylic acids is 1. The van der Waals surface area contributed by atoms with Gasteiger partial charge in [-0.25, -0.2) is 5.06 Å². The summed E-state index contributed by atoms with van der Waals surface area (Å²) in [6.07, 6.45) is 0.107. The zero-order valence-electron chi connectivity index (χ0n) is 8.85. The third-order valence-electron chi connectivity index (χ3n) is 1.78. The second-order valence-electron chi connectivity index (χ2n) is 2.52. The maximum Gasteiger partial charge on any atom is 0.330 e. The molecule has 0 spiro atoms. The average Bonchev–Trinajstić information content (AvgIpc) is 2.24. The van der Waals surface area contributed by atoms with Gasteiger partial charge in [-0.1, -0.05) is 0 Å². The molecule has 0 bridgehead atoms. The van der Waals surface area contributed by atoms with Crippen LogP contribution in [0.1, 0.15) is 6.42 Å². The summed E-state index contributed by atoms with van der Waals surface area (Å²) in [4.78, 5) is 15.9. The van der Waals surface area contributed by atoms with Gasteiger partial charge in [-0.2, -0.15) is 0 Å². The quantitative estimate of drug-likeness (QED) is 0.496. The largest absolute Gasteiger partial charge is 0.330 e. The lowest BCUT2D eigenvalue weighted by Crippen LogP contribution is -2.26. The van der Waals surface area contributed by atoms with E-state index in [0.29, 0.717) is 0 Å². The summed E-state index contributed by atoms with van der Waals surface area (Å²) in [6.45, 7) is 0. The average molecular weight is 225 g/mol. The highest BCUT2D eigenvalue weighted by molar-refractivity contribution is 7.53. The standard InChI is InChI=1S/C7H16NO5P/c1-8(11-2)7(9)5-6-14(10,12-3)13-4/h5-6H2,1-4H3. The van der Waals surface area contributed by atoms with E-state index in [0.717, 1.165) is 5.06 Å². The van der Waals surface area contributed by atoms with Crippen molar-refractivity contribution in [2.24, 2.45) is 0 Å². The van der Waals surface area contributed by atoms with Crippen molar-refractivity contribution >= 4 is 13.5 Å². The smallest absolute Gasteiger partial charge is 0.312 e. The number of hydrogen-bond acceptors (Lipinski definition) is 5. The van der Waals surface area contributed by atoms with Crippen molar-refractivity contribution in [3.05, 3.63) is 0 Å². The van der Waals surface area contributed by atoms with E-state index in [1.807, 2.05) is 0 Å². The van der Waals surface area contributed by atoms with Gasteiger partial charge in [-0.15, -0.1) is 0 Å². The van der Waals surface area contributed by atoms with Crippen LogP contribution in [0.2, 0.25) is 0 Å². The van der Waals surface area contributed by atoms with Gasteiger partial charge in [-0.05, 0) is 0 Å². The Bertz CT molecular complexity index is 224. The minimum atomic E-state index is -3.09. The van der Waals surface area contributed by atoms with Crippen molar-refractivity contribution in [2.75, 3.05) is 34.5 Å². The van der Waals surface area contributed by atoms with E-state index in [2.05, 4.69) is 13.9 Å². The highest BCUT2D eigenvalue weighted by atomic mass is 31.2. The van der Waals surface area contributed by atoms with Gasteiger partial charge in [0.15, 0.2) is 0 Å². The van der Waals surface area contributed by atoms with E-state index in [-0.39, 0.29) is 18.5 Å². The first-order chi connectivity index (χ1) is 6.49. The number of rotatable bonds is 6. The van der Waals surface area contributed by atoms with E-state index in [1.54, 1.807) is 0 Å². The Balaban J connectivity index is 4.05. The first-order valence-electron chi connectivity index (χ1n) is 4.00. The Morgan fingerprint density at radius 1 is 1.29 bits per heavy atom. The molecule has 0 rings (SSSR count). The summed E-state index contributed by atoms with van der Waals surface area (Å²) >= 11 is 0. The van der Waals surface area contributed by atoms with Crippen LogP contribution >= 0.6 is 7.60 Å². The Morgan fingerprint density at radius 2 is 1.79 bits per heavy atom. The predicted molar refractivity (Wildman–Crippen MR) is 50.9 cm³/mol. The van der Waals surface area contributed by atoms with Crippen molar-refractivity contribution in [1.82, 2.24) is 5.06 Å². The van der Waals surface area contributed by atoms with E-state index in [9.17, 15) is 9.36 Å². The summed E-state index contributed by atoms with van der Waals surface area (Å²) < 4.78 is 20.9. The number of nitrogens with zero attached hydrogens (tertiary/aromatic N) is 1. The van der Waals surface area contributed by atoms with Crippen molar-refractivity contribution in [2.45, 2.75) is 6.42 Å². The SMILES string of the molecule is CON(C)C(=O)CCP(=O)(OC)OC. The van der Waals surface area contributed by atoms with Crippen LogP contribution < -0.4 is 0 Å². The lowest BCUT2D eigenvalue weighted by molar-refractivity contribution is -0.168. The fourth-order valence-corrected chi connectivity index (χ4v) is 1.73. The minimum Gasteiger partial charge on any atom is -0.312 e. The third kappa shape index (κ3) is 4.19. The fraction of sp³-hybridized carbons (Fsp3) is 0.857. The number of amides is 1. The maximum absolute atomic E-state index is 11.5. The molecule has 0 unspecified atom stereocenters. The summed E-state index contributed by atoms with van der Waals surface area (Å²) in [5.74, 6) is -0.276. The zero-order chi connectivity index (χ0) is 11.2. The van der Waals surface area contributed by atoms with Gasteiger partial charge >= 0.3 is 7.60 Å². The van der Waals surface area contributed by atoms with Crippen molar-refractivity contribution in [1.29, 1.82) is 0 Å². The van der Waals surface area contributed by atoms with Crippen LogP contribution in [0, 0.1) is 0 Å². The van der Waals surface area contributed by atoms with Gasteiger partial charge in [0.25, 0.3) is 0 Å². The zero-order valence-corrected chi connectivity index (χ0v) is 9.74. The second kappa shape index (κ2) is 6.14. The van der Waals surface area contributed by atoms with E-state index < -0.39 is 7.60 Å². The van der Waals surface area contributed by atoms with Gasteiger partial charge in [0.1, 0.15) is 0 Å². The fourth-order valence-electron chi connectivity index (χ4n) is 0.749. The highest BCUT2D eigenvalue weighted by Gasteiger charge is 2.23. The molecule has 0 atom stereocenters. The Hall–Kier alpha value is -0.420. The molecule has 0 N–H and O–H groups in total. The molecule has 1 amide bonds. The highest BCUT2D eigenvalue weighted by Crippen LogP contribution is 2.46. The maximum atomic E-state index is 11.5. The molecule has 0 aromatic heterocycles. The molecule has 0 heterocycles. The normalized spacial score (nSPS) is 11.4. The van der Waals surface area contributed by atoms with Crippen LogP contribution in [0.15, 0.2) is 0 Å². The summed E-state index contributed by atoms with van der Waals surface area (Å²) in [7, 11) is 2.34. The molecule has 6 nitrogen and oxygen atoms in total. The topological polar surface area (TPSA) is 65.1 Å². The van der Waals surface area contributed by atoms with Crippen LogP contribution in [0.3, 0.4) is 0 Å². The molecule has 0 aliphatic rings. The third-order valence-corrected chi connectivity index (χ3v) is 3.66. The van der Waals surface area contributed by atoms with E-state index in [4.69, 9.17) is 0 Å². The van der Waals surface area contributed by atoms with Crippen LogP contribution in [0.25, 0.3) is 0 Å². The van der Waals surface area contributed by atoms with E-state index >= 15 is 0 Å².